The predicted molar refractivity (Wildman–Crippen MR) is 150 cm³/mol. The number of likely N-dealkylation sites (tertiary alicyclic amines) is 1. The van der Waals surface area contributed by atoms with Crippen molar-refractivity contribution in [3.05, 3.63) is 77.6 Å². The molecule has 0 radical (unpaired) electrons. The molecule has 2 N–H and O–H groups in total. The molecule has 5 rings (SSSR count). The number of carbonyl (C=O) groups excluding carboxylic acids is 1. The molecule has 1 aromatic heterocycles. The molecule has 0 aliphatic carbocycles. The van der Waals surface area contributed by atoms with E-state index >= 15 is 0 Å². The second-order valence-electron chi connectivity index (χ2n) is 10.4. The van der Waals surface area contributed by atoms with Crippen molar-refractivity contribution in [3.8, 4) is 0 Å². The van der Waals surface area contributed by atoms with Gasteiger partial charge in [0.25, 0.3) is 0 Å². The van der Waals surface area contributed by atoms with Gasteiger partial charge in [-0.25, -0.2) is 4.98 Å². The quantitative estimate of drug-likeness (QED) is 0.322. The van der Waals surface area contributed by atoms with Crippen LogP contribution in [0.1, 0.15) is 48.6 Å². The van der Waals surface area contributed by atoms with Gasteiger partial charge in [-0.1, -0.05) is 54.6 Å². The number of nitrogens with two attached hydrogens (primary N) is 1. The van der Waals surface area contributed by atoms with Gasteiger partial charge in [0.15, 0.2) is 0 Å². The molecule has 194 valence electrons. The molecule has 1 aliphatic rings. The molecule has 4 aromatic rings. The largest absolute Gasteiger partial charge is 0.385 e. The summed E-state index contributed by atoms with van der Waals surface area (Å²) in [6.45, 7) is 5.20. The number of rotatable bonds is 9. The Morgan fingerprint density at radius 3 is 2.81 bits per heavy atom. The monoisotopic (exact) mass is 498 g/mol. The summed E-state index contributed by atoms with van der Waals surface area (Å²) in [5.74, 6) is 1.47. The minimum atomic E-state index is -0.199. The maximum absolute atomic E-state index is 13.3. The van der Waals surface area contributed by atoms with E-state index in [1.165, 1.54) is 27.4 Å². The van der Waals surface area contributed by atoms with Crippen LogP contribution in [0.15, 0.2) is 60.7 Å². The summed E-state index contributed by atoms with van der Waals surface area (Å²) in [5.41, 5.74) is 11.1. The standard InChI is InChI=1S/C31H38N4O2/c1-22-8-5-12-28-30(22)33-31(35(28)16-7-17-37-2)26-11-6-15-34(21-26)29(36)20-27(32)19-23-13-14-24-9-3-4-10-25(24)18-23/h3-5,8-10,12-14,18,26-27H,6-7,11,15-17,19-21,32H2,1-2H3. The molecule has 1 saturated heterocycles. The Kier molecular flexibility index (Phi) is 7.87. The van der Waals surface area contributed by atoms with Gasteiger partial charge >= 0.3 is 0 Å². The molecular formula is C31H38N4O2. The molecule has 1 aliphatic heterocycles. The van der Waals surface area contributed by atoms with Gasteiger partial charge in [0, 0.05) is 51.7 Å². The number of piperidine rings is 1. The molecule has 2 atom stereocenters. The highest BCUT2D eigenvalue weighted by Crippen LogP contribution is 2.31. The molecule has 6 heteroatoms. The van der Waals surface area contributed by atoms with Crippen molar-refractivity contribution < 1.29 is 9.53 Å². The summed E-state index contributed by atoms with van der Waals surface area (Å²) in [6, 6.07) is 21.0. The Morgan fingerprint density at radius 1 is 1.14 bits per heavy atom. The fourth-order valence-electron chi connectivity index (χ4n) is 5.73. The van der Waals surface area contributed by atoms with Crippen molar-refractivity contribution in [1.82, 2.24) is 14.5 Å². The van der Waals surface area contributed by atoms with Crippen molar-refractivity contribution in [2.24, 2.45) is 5.73 Å². The molecular weight excluding hydrogens is 460 g/mol. The summed E-state index contributed by atoms with van der Waals surface area (Å²) in [4.78, 5) is 20.4. The number of amides is 1. The minimum absolute atomic E-state index is 0.149. The number of aromatic nitrogens is 2. The van der Waals surface area contributed by atoms with Gasteiger partial charge in [-0.3, -0.25) is 4.79 Å². The van der Waals surface area contributed by atoms with Gasteiger partial charge in [-0.15, -0.1) is 0 Å². The van der Waals surface area contributed by atoms with Crippen LogP contribution >= 0.6 is 0 Å². The number of imidazole rings is 1. The normalized spacial score (nSPS) is 16.9. The fraction of sp³-hybridized carbons (Fsp3) is 0.419. The maximum atomic E-state index is 13.3. The summed E-state index contributed by atoms with van der Waals surface area (Å²) in [5, 5.41) is 2.43. The van der Waals surface area contributed by atoms with Crippen LogP contribution in [0, 0.1) is 6.92 Å². The third-order valence-electron chi connectivity index (χ3n) is 7.63. The Labute approximate surface area is 219 Å². The van der Waals surface area contributed by atoms with Crippen LogP contribution < -0.4 is 5.73 Å². The average Bonchev–Trinajstić information content (AvgIpc) is 3.28. The highest BCUT2D eigenvalue weighted by atomic mass is 16.5. The molecule has 2 heterocycles. The van der Waals surface area contributed by atoms with E-state index in [2.05, 4.69) is 66.1 Å². The average molecular weight is 499 g/mol. The molecule has 1 amide bonds. The summed E-state index contributed by atoms with van der Waals surface area (Å²) >= 11 is 0. The van der Waals surface area contributed by atoms with E-state index in [9.17, 15) is 4.79 Å². The van der Waals surface area contributed by atoms with E-state index < -0.39 is 0 Å². The zero-order valence-corrected chi connectivity index (χ0v) is 22.0. The SMILES string of the molecule is COCCCn1c(C2CCCN(C(=O)CC(N)Cc3ccc4ccccc4c3)C2)nc2c(C)cccc21. The van der Waals surface area contributed by atoms with Crippen molar-refractivity contribution in [1.29, 1.82) is 0 Å². The van der Waals surface area contributed by atoms with Crippen LogP contribution in [0.2, 0.25) is 0 Å². The number of carbonyl (C=O) groups is 1. The number of para-hydroxylation sites is 1. The van der Waals surface area contributed by atoms with Crippen LogP contribution in [0.4, 0.5) is 0 Å². The lowest BCUT2D eigenvalue weighted by Gasteiger charge is -2.33. The van der Waals surface area contributed by atoms with Crippen molar-refractivity contribution in [3.63, 3.8) is 0 Å². The first-order chi connectivity index (χ1) is 18.0. The predicted octanol–water partition coefficient (Wildman–Crippen LogP) is 5.20. The van der Waals surface area contributed by atoms with Crippen LogP contribution in [0.5, 0.6) is 0 Å². The van der Waals surface area contributed by atoms with E-state index in [1.54, 1.807) is 7.11 Å². The van der Waals surface area contributed by atoms with Crippen LogP contribution in [0.3, 0.4) is 0 Å². The van der Waals surface area contributed by atoms with E-state index in [4.69, 9.17) is 15.5 Å². The number of ether oxygens (including phenoxy) is 1. The third-order valence-corrected chi connectivity index (χ3v) is 7.63. The smallest absolute Gasteiger partial charge is 0.224 e. The van der Waals surface area contributed by atoms with E-state index in [0.717, 1.165) is 50.3 Å². The number of methoxy groups -OCH3 is 1. The summed E-state index contributed by atoms with van der Waals surface area (Å²) in [7, 11) is 1.74. The Morgan fingerprint density at radius 2 is 1.97 bits per heavy atom. The molecule has 0 saturated carbocycles. The number of hydrogen-bond acceptors (Lipinski definition) is 4. The Balaban J connectivity index is 1.27. The zero-order chi connectivity index (χ0) is 25.8. The van der Waals surface area contributed by atoms with Crippen molar-refractivity contribution >= 4 is 27.7 Å². The summed E-state index contributed by atoms with van der Waals surface area (Å²) < 4.78 is 7.66. The highest BCUT2D eigenvalue weighted by Gasteiger charge is 2.29. The second-order valence-corrected chi connectivity index (χ2v) is 10.4. The van der Waals surface area contributed by atoms with Crippen LogP contribution in [-0.2, 0) is 22.5 Å². The van der Waals surface area contributed by atoms with Crippen LogP contribution in [0.25, 0.3) is 21.8 Å². The Bertz CT molecular complexity index is 1380. The molecule has 0 bridgehead atoms. The van der Waals surface area contributed by atoms with Crippen molar-refractivity contribution in [2.75, 3.05) is 26.8 Å². The molecule has 6 nitrogen and oxygen atoms in total. The van der Waals surface area contributed by atoms with Gasteiger partial charge in [-0.05, 0) is 60.6 Å². The number of aryl methyl sites for hydroxylation is 2. The van der Waals surface area contributed by atoms with Gasteiger partial charge in [0.1, 0.15) is 5.82 Å². The molecule has 1 fully saturated rings. The zero-order valence-electron chi connectivity index (χ0n) is 22.0. The molecule has 2 unspecified atom stereocenters. The fourth-order valence-corrected chi connectivity index (χ4v) is 5.73. The topological polar surface area (TPSA) is 73.4 Å². The third kappa shape index (κ3) is 5.71. The van der Waals surface area contributed by atoms with Gasteiger partial charge in [0.2, 0.25) is 5.91 Å². The lowest BCUT2D eigenvalue weighted by atomic mass is 9.95. The van der Waals surface area contributed by atoms with E-state index in [0.29, 0.717) is 19.4 Å². The number of fused-ring (bicyclic) bond motifs is 2. The minimum Gasteiger partial charge on any atom is -0.385 e. The van der Waals surface area contributed by atoms with Crippen LogP contribution in [-0.4, -0.2) is 53.2 Å². The maximum Gasteiger partial charge on any atom is 0.224 e. The number of nitrogens with zero attached hydrogens (tertiary/aromatic N) is 3. The van der Waals surface area contributed by atoms with E-state index in [1.807, 2.05) is 11.0 Å². The molecule has 0 spiro atoms. The molecule has 3 aromatic carbocycles. The summed E-state index contributed by atoms with van der Waals surface area (Å²) in [6.07, 6.45) is 4.02. The highest BCUT2D eigenvalue weighted by molar-refractivity contribution is 5.83. The van der Waals surface area contributed by atoms with Crippen molar-refractivity contribution in [2.45, 2.75) is 57.5 Å². The molecule has 37 heavy (non-hydrogen) atoms. The first-order valence-electron chi connectivity index (χ1n) is 13.5. The Hall–Kier alpha value is -3.22. The lowest BCUT2D eigenvalue weighted by Crippen LogP contribution is -2.42. The lowest BCUT2D eigenvalue weighted by molar-refractivity contribution is -0.132. The van der Waals surface area contributed by atoms with Gasteiger partial charge < -0.3 is 19.9 Å². The second kappa shape index (κ2) is 11.4. The first kappa shape index (κ1) is 25.4. The first-order valence-corrected chi connectivity index (χ1v) is 13.5. The number of hydrogen-bond donors (Lipinski definition) is 1. The van der Waals surface area contributed by atoms with E-state index in [-0.39, 0.29) is 17.9 Å². The van der Waals surface area contributed by atoms with Gasteiger partial charge in [-0.2, -0.15) is 0 Å². The number of benzene rings is 3. The van der Waals surface area contributed by atoms with Gasteiger partial charge in [0.05, 0.1) is 11.0 Å².